The van der Waals surface area contributed by atoms with Crippen LogP contribution in [0.15, 0.2) is 30.5 Å². The number of hydrogen-bond donors (Lipinski definition) is 0. The van der Waals surface area contributed by atoms with Crippen LogP contribution in [0.3, 0.4) is 0 Å². The monoisotopic (exact) mass is 243 g/mol. The van der Waals surface area contributed by atoms with Gasteiger partial charge in [-0.05, 0) is 6.07 Å². The Morgan fingerprint density at radius 3 is 2.87 bits per heavy atom. The smallest absolute Gasteiger partial charge is 0.179 e. The van der Waals surface area contributed by atoms with Gasteiger partial charge in [-0.2, -0.15) is 0 Å². The molecule has 0 bridgehead atoms. The van der Waals surface area contributed by atoms with Crippen LogP contribution in [0, 0.1) is 0 Å². The third-order valence-electron chi connectivity index (χ3n) is 2.17. The molecule has 2 nitrogen and oxygen atoms in total. The number of alkyl halides is 1. The fourth-order valence-corrected chi connectivity index (χ4v) is 2.02. The zero-order chi connectivity index (χ0) is 10.8. The topological polar surface area (TPSA) is 22.0 Å². The van der Waals surface area contributed by atoms with Gasteiger partial charge in [0.05, 0.1) is 11.4 Å². The van der Waals surface area contributed by atoms with Crippen molar-refractivity contribution in [2.45, 2.75) is 0 Å². The number of Topliss-reactive ketones (excluding diaryl/α,β-unsaturated/α-hetero) is 1. The van der Waals surface area contributed by atoms with Crippen molar-refractivity contribution in [2.24, 2.45) is 0 Å². The maximum absolute atomic E-state index is 12.6. The van der Waals surface area contributed by atoms with Crippen LogP contribution in [0.2, 0.25) is 0 Å². The van der Waals surface area contributed by atoms with Crippen LogP contribution in [-0.2, 0) is 0 Å². The van der Waals surface area contributed by atoms with Crippen molar-refractivity contribution < 1.29 is 8.68 Å². The van der Waals surface area contributed by atoms with Gasteiger partial charge in [-0.25, -0.2) is 0 Å². The van der Waals surface area contributed by atoms with Crippen LogP contribution in [0.25, 0.3) is 10.9 Å². The van der Waals surface area contributed by atoms with Gasteiger partial charge in [-0.3, -0.25) is 8.77 Å². The van der Waals surface area contributed by atoms with Crippen LogP contribution in [0.1, 0.15) is 10.4 Å². The Morgan fingerprint density at radius 1 is 1.47 bits per heavy atom. The van der Waals surface area contributed by atoms with Crippen molar-refractivity contribution >= 4 is 40.6 Å². The zero-order valence-corrected chi connectivity index (χ0v) is 9.19. The molecule has 0 N–H and O–H groups in total. The maximum Gasteiger partial charge on any atom is 0.179 e. The quantitative estimate of drug-likeness (QED) is 0.609. The highest BCUT2D eigenvalue weighted by Gasteiger charge is 2.13. The van der Waals surface area contributed by atoms with E-state index in [1.807, 2.05) is 0 Å². The molecule has 0 aliphatic heterocycles. The van der Waals surface area contributed by atoms with E-state index in [1.165, 1.54) is 10.2 Å². The van der Waals surface area contributed by atoms with Crippen LogP contribution >= 0.6 is 23.9 Å². The van der Waals surface area contributed by atoms with Gasteiger partial charge in [0.2, 0.25) is 0 Å². The van der Waals surface area contributed by atoms with E-state index < -0.39 is 0 Å². The predicted octanol–water partition coefficient (Wildman–Crippen LogP) is 3.44. The minimum Gasteiger partial charge on any atom is -0.293 e. The number of carbonyl (C=O) groups is 1. The third-order valence-corrected chi connectivity index (χ3v) is 2.87. The molecule has 2 rings (SSSR count). The maximum atomic E-state index is 12.6. The van der Waals surface area contributed by atoms with Crippen molar-refractivity contribution in [3.8, 4) is 0 Å². The van der Waals surface area contributed by atoms with E-state index in [-0.39, 0.29) is 24.0 Å². The van der Waals surface area contributed by atoms with Crippen molar-refractivity contribution in [3.05, 3.63) is 36.0 Å². The molecule has 0 spiro atoms. The summed E-state index contributed by atoms with van der Waals surface area (Å²) in [7, 11) is 0. The molecule has 78 valence electrons. The van der Waals surface area contributed by atoms with Crippen molar-refractivity contribution in [1.29, 1.82) is 0 Å². The molecule has 5 heteroatoms. The Morgan fingerprint density at radius 2 is 2.20 bits per heavy atom. The molecular weight excluding hydrogens is 237 g/mol. The van der Waals surface area contributed by atoms with Gasteiger partial charge in [0.1, 0.15) is 0 Å². The van der Waals surface area contributed by atoms with E-state index in [1.54, 1.807) is 24.3 Å². The Balaban J connectivity index is 2.70. The van der Waals surface area contributed by atoms with Crippen molar-refractivity contribution in [3.63, 3.8) is 0 Å². The van der Waals surface area contributed by atoms with Gasteiger partial charge in [0, 0.05) is 17.1 Å². The molecular formula is C10H7ClFNOS. The molecule has 0 aliphatic rings. The van der Waals surface area contributed by atoms with E-state index in [2.05, 4.69) is 0 Å². The average molecular weight is 244 g/mol. The average Bonchev–Trinajstić information content (AvgIpc) is 2.67. The van der Waals surface area contributed by atoms with E-state index in [0.717, 1.165) is 5.39 Å². The highest BCUT2D eigenvalue weighted by Crippen LogP contribution is 2.26. The first-order valence-corrected chi connectivity index (χ1v) is 5.47. The number of carbonyl (C=O) groups excluding carboxylic acids is 1. The lowest BCUT2D eigenvalue weighted by molar-refractivity contribution is 0.102. The summed E-state index contributed by atoms with van der Waals surface area (Å²) in [6, 6.07) is 7.14. The number of ketones is 1. The SMILES string of the molecule is O=C(CCl)c1cn(SF)c2ccccc12. The minimum absolute atomic E-state index is 0.0684. The van der Waals surface area contributed by atoms with Gasteiger partial charge in [0.25, 0.3) is 0 Å². The molecule has 0 fully saturated rings. The van der Waals surface area contributed by atoms with Crippen LogP contribution in [0.5, 0.6) is 0 Å². The zero-order valence-electron chi connectivity index (χ0n) is 7.61. The molecule has 1 aromatic carbocycles. The molecule has 1 aromatic heterocycles. The first-order valence-electron chi connectivity index (χ1n) is 4.26. The Bertz CT molecular complexity index is 511. The second-order valence-electron chi connectivity index (χ2n) is 3.01. The number of rotatable bonds is 3. The summed E-state index contributed by atoms with van der Waals surface area (Å²) in [5, 5.41) is 0.730. The number of aromatic nitrogens is 1. The molecule has 0 saturated heterocycles. The Labute approximate surface area is 95.4 Å². The molecule has 0 aliphatic carbocycles. The summed E-state index contributed by atoms with van der Waals surface area (Å²) < 4.78 is 13.9. The number of halogens is 2. The standard InChI is InChI=1S/C10H7ClFNOS/c11-5-10(14)8-6-13(15-12)9-4-2-1-3-7(8)9/h1-4,6H,5H2. The summed E-state index contributed by atoms with van der Waals surface area (Å²) in [5.41, 5.74) is 1.14. The van der Waals surface area contributed by atoms with E-state index in [0.29, 0.717) is 11.1 Å². The predicted molar refractivity (Wildman–Crippen MR) is 61.1 cm³/mol. The van der Waals surface area contributed by atoms with Crippen LogP contribution in [0.4, 0.5) is 3.89 Å². The highest BCUT2D eigenvalue weighted by atomic mass is 35.5. The number of benzene rings is 1. The minimum atomic E-state index is -0.194. The second kappa shape index (κ2) is 4.24. The number of hydrogen-bond acceptors (Lipinski definition) is 2. The molecule has 0 radical (unpaired) electrons. The van der Waals surface area contributed by atoms with E-state index in [4.69, 9.17) is 11.6 Å². The lowest BCUT2D eigenvalue weighted by Gasteiger charge is -1.94. The first kappa shape index (κ1) is 10.5. The lowest BCUT2D eigenvalue weighted by atomic mass is 10.1. The molecule has 1 heterocycles. The first-order chi connectivity index (χ1) is 7.27. The van der Waals surface area contributed by atoms with Crippen molar-refractivity contribution in [2.75, 3.05) is 5.88 Å². The molecule has 15 heavy (non-hydrogen) atoms. The lowest BCUT2D eigenvalue weighted by Crippen LogP contribution is -1.98. The summed E-state index contributed by atoms with van der Waals surface area (Å²) >= 11 is 5.55. The summed E-state index contributed by atoms with van der Waals surface area (Å²) in [5.74, 6) is -0.286. The summed E-state index contributed by atoms with van der Waals surface area (Å²) in [6.07, 6.45) is 1.47. The van der Waals surface area contributed by atoms with Crippen molar-refractivity contribution in [1.82, 2.24) is 3.97 Å². The van der Waals surface area contributed by atoms with Gasteiger partial charge in [-0.15, -0.1) is 15.5 Å². The highest BCUT2D eigenvalue weighted by molar-refractivity contribution is 7.92. The summed E-state index contributed by atoms with van der Waals surface area (Å²) in [6.45, 7) is 0. The number of para-hydroxylation sites is 1. The van der Waals surface area contributed by atoms with Gasteiger partial charge < -0.3 is 0 Å². The molecule has 0 saturated carbocycles. The van der Waals surface area contributed by atoms with Crippen LogP contribution in [-0.4, -0.2) is 15.6 Å². The fourth-order valence-electron chi connectivity index (χ4n) is 1.50. The Kier molecular flexibility index (Phi) is 2.98. The molecule has 0 atom stereocenters. The van der Waals surface area contributed by atoms with Gasteiger partial charge in [0.15, 0.2) is 18.1 Å². The molecule has 2 aromatic rings. The van der Waals surface area contributed by atoms with Gasteiger partial charge in [-0.1, -0.05) is 18.2 Å². The third kappa shape index (κ3) is 1.75. The molecule has 0 unspecified atom stereocenters. The van der Waals surface area contributed by atoms with Crippen LogP contribution < -0.4 is 0 Å². The largest absolute Gasteiger partial charge is 0.293 e. The number of nitrogens with zero attached hydrogens (tertiary/aromatic N) is 1. The van der Waals surface area contributed by atoms with Gasteiger partial charge >= 0.3 is 0 Å². The molecule has 0 amide bonds. The van der Waals surface area contributed by atoms with E-state index >= 15 is 0 Å². The fraction of sp³-hybridized carbons (Fsp3) is 0.100. The second-order valence-corrected chi connectivity index (χ2v) is 3.81. The summed E-state index contributed by atoms with van der Waals surface area (Å²) in [4.78, 5) is 11.5. The Hall–Kier alpha value is -1.00. The number of fused-ring (bicyclic) bond motifs is 1. The van der Waals surface area contributed by atoms with E-state index in [9.17, 15) is 8.68 Å². The normalized spacial score (nSPS) is 10.8.